The number of ether oxygens (including phenoxy) is 1. The molecule has 1 N–H and O–H groups in total. The van der Waals surface area contributed by atoms with Gasteiger partial charge in [0.25, 0.3) is 0 Å². The average molecular weight is 360 g/mol. The summed E-state index contributed by atoms with van der Waals surface area (Å²) in [6, 6.07) is 15.3. The maximum atomic E-state index is 11.9. The van der Waals surface area contributed by atoms with Gasteiger partial charge in [0.1, 0.15) is 12.1 Å². The van der Waals surface area contributed by atoms with E-state index in [1.54, 1.807) is 0 Å². The first-order valence-electron chi connectivity index (χ1n) is 6.74. The van der Waals surface area contributed by atoms with E-state index in [9.17, 15) is 4.79 Å². The fourth-order valence-corrected chi connectivity index (χ4v) is 2.59. The van der Waals surface area contributed by atoms with Gasteiger partial charge < -0.3 is 9.30 Å². The highest BCUT2D eigenvalue weighted by molar-refractivity contribution is 9.10. The number of nitrogens with one attached hydrogen (secondary N) is 1. The molecule has 6 heteroatoms. The van der Waals surface area contributed by atoms with Gasteiger partial charge in [-0.2, -0.15) is 0 Å². The second-order valence-electron chi connectivity index (χ2n) is 4.79. The number of imidazole rings is 1. The lowest BCUT2D eigenvalue weighted by atomic mass is 10.2. The summed E-state index contributed by atoms with van der Waals surface area (Å²) in [7, 11) is 1.84. The molecule has 1 aromatic heterocycles. The lowest BCUT2D eigenvalue weighted by Crippen LogP contribution is -2.16. The number of carbonyl (C=O) groups is 1. The predicted molar refractivity (Wildman–Crippen MR) is 88.7 cm³/mol. The second kappa shape index (κ2) is 6.19. The number of hydrogen-bond acceptors (Lipinski definition) is 3. The van der Waals surface area contributed by atoms with Crippen LogP contribution in [-0.2, 0) is 18.4 Å². The molecular formula is C16H14BrN3O2. The molecule has 0 fully saturated rings. The highest BCUT2D eigenvalue weighted by Crippen LogP contribution is 2.25. The molecule has 5 nitrogen and oxygen atoms in total. The van der Waals surface area contributed by atoms with Crippen LogP contribution < -0.4 is 5.32 Å². The molecule has 1 heterocycles. The molecule has 0 bridgehead atoms. The summed E-state index contributed by atoms with van der Waals surface area (Å²) >= 11 is 3.45. The molecule has 22 heavy (non-hydrogen) atoms. The molecule has 0 aliphatic heterocycles. The van der Waals surface area contributed by atoms with Crippen LogP contribution >= 0.6 is 15.9 Å². The Morgan fingerprint density at radius 2 is 2.00 bits per heavy atom. The molecule has 3 aromatic rings. The Morgan fingerprint density at radius 1 is 1.23 bits per heavy atom. The standard InChI is InChI=1S/C16H14BrN3O2/c1-20-13-9-5-8-12(17)14(13)18-15(20)19-16(21)22-10-11-6-3-2-4-7-11/h2-9H,10H2,1H3,(H,18,19,21). The van der Waals surface area contributed by atoms with E-state index in [0.29, 0.717) is 5.95 Å². The number of fused-ring (bicyclic) bond motifs is 1. The van der Waals surface area contributed by atoms with Crippen molar-refractivity contribution in [1.29, 1.82) is 0 Å². The Bertz CT molecular complexity index is 815. The van der Waals surface area contributed by atoms with Crippen LogP contribution in [-0.4, -0.2) is 15.6 Å². The van der Waals surface area contributed by atoms with Crippen LogP contribution in [0.1, 0.15) is 5.56 Å². The number of rotatable bonds is 3. The normalized spacial score (nSPS) is 10.6. The van der Waals surface area contributed by atoms with Gasteiger partial charge >= 0.3 is 6.09 Å². The van der Waals surface area contributed by atoms with Gasteiger partial charge in [0.15, 0.2) is 0 Å². The van der Waals surface area contributed by atoms with Gasteiger partial charge in [0.2, 0.25) is 5.95 Å². The minimum Gasteiger partial charge on any atom is -0.444 e. The third kappa shape index (κ3) is 2.96. The minimum atomic E-state index is -0.529. The number of nitrogens with zero attached hydrogens (tertiary/aromatic N) is 2. The number of aryl methyl sites for hydroxylation is 1. The topological polar surface area (TPSA) is 56.2 Å². The Kier molecular flexibility index (Phi) is 4.11. The van der Waals surface area contributed by atoms with Crippen molar-refractivity contribution in [2.24, 2.45) is 7.05 Å². The molecule has 0 spiro atoms. The third-order valence-electron chi connectivity index (χ3n) is 3.29. The van der Waals surface area contributed by atoms with E-state index in [1.165, 1.54) is 0 Å². The highest BCUT2D eigenvalue weighted by atomic mass is 79.9. The smallest absolute Gasteiger partial charge is 0.414 e. The van der Waals surface area contributed by atoms with Gasteiger partial charge in [-0.15, -0.1) is 0 Å². The summed E-state index contributed by atoms with van der Waals surface area (Å²) in [5.41, 5.74) is 2.65. The fourth-order valence-electron chi connectivity index (χ4n) is 2.14. The van der Waals surface area contributed by atoms with E-state index in [4.69, 9.17) is 4.74 Å². The van der Waals surface area contributed by atoms with E-state index in [1.807, 2.05) is 60.1 Å². The molecule has 0 atom stereocenters. The van der Waals surface area contributed by atoms with Crippen LogP contribution in [0.4, 0.5) is 10.7 Å². The number of aromatic nitrogens is 2. The van der Waals surface area contributed by atoms with Gasteiger partial charge in [0, 0.05) is 11.5 Å². The van der Waals surface area contributed by atoms with Crippen LogP contribution in [0, 0.1) is 0 Å². The van der Waals surface area contributed by atoms with Crippen molar-refractivity contribution in [3.63, 3.8) is 0 Å². The molecule has 0 aliphatic carbocycles. The largest absolute Gasteiger partial charge is 0.444 e. The van der Waals surface area contributed by atoms with Crippen LogP contribution in [0.2, 0.25) is 0 Å². The van der Waals surface area contributed by atoms with Gasteiger partial charge in [-0.05, 0) is 33.6 Å². The molecule has 1 amide bonds. The first kappa shape index (κ1) is 14.6. The number of carbonyl (C=O) groups excluding carboxylic acids is 1. The number of benzene rings is 2. The summed E-state index contributed by atoms with van der Waals surface area (Å²) in [4.78, 5) is 16.3. The van der Waals surface area contributed by atoms with Crippen molar-refractivity contribution < 1.29 is 9.53 Å². The van der Waals surface area contributed by atoms with Crippen molar-refractivity contribution >= 4 is 39.0 Å². The fraction of sp³-hybridized carbons (Fsp3) is 0.125. The molecule has 0 saturated carbocycles. The summed E-state index contributed by atoms with van der Waals surface area (Å²) in [6.45, 7) is 0.223. The average Bonchev–Trinajstić information content (AvgIpc) is 2.85. The molecule has 3 rings (SSSR count). The monoisotopic (exact) mass is 359 g/mol. The minimum absolute atomic E-state index is 0.223. The van der Waals surface area contributed by atoms with Gasteiger partial charge in [0.05, 0.1) is 5.52 Å². The molecule has 112 valence electrons. The maximum absolute atomic E-state index is 11.9. The van der Waals surface area contributed by atoms with Crippen molar-refractivity contribution in [2.45, 2.75) is 6.61 Å². The number of halogens is 1. The first-order chi connectivity index (χ1) is 10.6. The highest BCUT2D eigenvalue weighted by Gasteiger charge is 2.13. The zero-order valence-electron chi connectivity index (χ0n) is 11.9. The van der Waals surface area contributed by atoms with Gasteiger partial charge in [-0.25, -0.2) is 9.78 Å². The molecule has 2 aromatic carbocycles. The molecular weight excluding hydrogens is 346 g/mol. The summed E-state index contributed by atoms with van der Waals surface area (Å²) < 4.78 is 7.89. The lowest BCUT2D eigenvalue weighted by Gasteiger charge is -2.06. The van der Waals surface area contributed by atoms with Crippen molar-refractivity contribution in [2.75, 3.05) is 5.32 Å². The van der Waals surface area contributed by atoms with Crippen LogP contribution in [0.25, 0.3) is 11.0 Å². The summed E-state index contributed by atoms with van der Waals surface area (Å²) in [5, 5.41) is 2.67. The number of para-hydroxylation sites is 1. The van der Waals surface area contributed by atoms with Crippen LogP contribution in [0.3, 0.4) is 0 Å². The van der Waals surface area contributed by atoms with Crippen LogP contribution in [0.5, 0.6) is 0 Å². The molecule has 0 unspecified atom stereocenters. The quantitative estimate of drug-likeness (QED) is 0.766. The molecule has 0 saturated heterocycles. The Hall–Kier alpha value is -2.34. The molecule has 0 aliphatic rings. The Labute approximate surface area is 136 Å². The summed E-state index contributed by atoms with van der Waals surface area (Å²) in [6.07, 6.45) is -0.529. The van der Waals surface area contributed by atoms with E-state index in [0.717, 1.165) is 21.1 Å². The second-order valence-corrected chi connectivity index (χ2v) is 5.64. The summed E-state index contributed by atoms with van der Waals surface area (Å²) in [5.74, 6) is 0.444. The Morgan fingerprint density at radius 3 is 2.73 bits per heavy atom. The van der Waals surface area contributed by atoms with E-state index in [-0.39, 0.29) is 6.61 Å². The number of anilines is 1. The van der Waals surface area contributed by atoms with Gasteiger partial charge in [-0.3, -0.25) is 5.32 Å². The predicted octanol–water partition coefficient (Wildman–Crippen LogP) is 4.08. The molecule has 0 radical (unpaired) electrons. The van der Waals surface area contributed by atoms with Gasteiger partial charge in [-0.1, -0.05) is 36.4 Å². The number of hydrogen-bond donors (Lipinski definition) is 1. The third-order valence-corrected chi connectivity index (χ3v) is 3.93. The Balaban J connectivity index is 1.72. The zero-order chi connectivity index (χ0) is 15.5. The van der Waals surface area contributed by atoms with Crippen molar-refractivity contribution in [1.82, 2.24) is 9.55 Å². The van der Waals surface area contributed by atoms with E-state index < -0.39 is 6.09 Å². The van der Waals surface area contributed by atoms with Crippen molar-refractivity contribution in [3.05, 3.63) is 58.6 Å². The number of amides is 1. The maximum Gasteiger partial charge on any atom is 0.414 e. The SMILES string of the molecule is Cn1c(NC(=O)OCc2ccccc2)nc2c(Br)cccc21. The van der Waals surface area contributed by atoms with Crippen LogP contribution in [0.15, 0.2) is 53.0 Å². The van der Waals surface area contributed by atoms with E-state index in [2.05, 4.69) is 26.2 Å². The first-order valence-corrected chi connectivity index (χ1v) is 7.53. The van der Waals surface area contributed by atoms with Crippen molar-refractivity contribution in [3.8, 4) is 0 Å². The zero-order valence-corrected chi connectivity index (χ0v) is 13.5. The van der Waals surface area contributed by atoms with E-state index >= 15 is 0 Å². The lowest BCUT2D eigenvalue weighted by molar-refractivity contribution is 0.155.